The average molecular weight is 198 g/mol. The molecule has 0 radical (unpaired) electrons. The third-order valence-electron chi connectivity index (χ3n) is 2.14. The fraction of sp³-hybridized carbons (Fsp3) is 0. The van der Waals surface area contributed by atoms with Crippen molar-refractivity contribution in [3.63, 3.8) is 0 Å². The van der Waals surface area contributed by atoms with Crippen LogP contribution in [0.3, 0.4) is 0 Å². The molecular weight excluding hydrogens is 182 g/mol. The molecule has 1 heteroatoms. The van der Waals surface area contributed by atoms with E-state index >= 15 is 0 Å². The van der Waals surface area contributed by atoms with E-state index in [1.54, 1.807) is 4.90 Å². The van der Waals surface area contributed by atoms with Crippen LogP contribution < -0.4 is 4.90 Å². The predicted octanol–water partition coefficient (Wildman–Crippen LogP) is 3.97. The van der Waals surface area contributed by atoms with Gasteiger partial charge in [-0.2, -0.15) is 0 Å². The summed E-state index contributed by atoms with van der Waals surface area (Å²) < 4.78 is 22.5. The fourth-order valence-electron chi connectivity index (χ4n) is 1.43. The molecule has 0 aliphatic rings. The Balaban J connectivity index is 2.53. The van der Waals surface area contributed by atoms with Crippen molar-refractivity contribution in [1.29, 1.82) is 0 Å². The van der Waals surface area contributed by atoms with Crippen molar-refractivity contribution in [2.45, 2.75) is 0 Å². The third kappa shape index (κ3) is 2.08. The van der Waals surface area contributed by atoms with Crippen LogP contribution in [0.2, 0.25) is 0 Å². The van der Waals surface area contributed by atoms with Crippen molar-refractivity contribution in [3.8, 4) is 0 Å². The van der Waals surface area contributed by atoms with Gasteiger partial charge in [-0.05, 0) is 24.3 Å². The molecule has 0 aliphatic heterocycles. The fourth-order valence-corrected chi connectivity index (χ4v) is 1.43. The van der Waals surface area contributed by atoms with E-state index in [-0.39, 0.29) is 6.18 Å². The van der Waals surface area contributed by atoms with Gasteiger partial charge in [0.2, 0.25) is 0 Å². The van der Waals surface area contributed by atoms with Gasteiger partial charge in [0.15, 0.2) is 0 Å². The molecule has 0 bridgehead atoms. The van der Waals surface area contributed by atoms with Crippen LogP contribution in [-0.2, 0) is 0 Å². The summed E-state index contributed by atoms with van der Waals surface area (Å²) in [6.45, 7) is -0.511. The largest absolute Gasteiger partial charge is 0.318 e. The molecule has 0 saturated carbocycles. The summed E-state index contributed by atoms with van der Waals surface area (Å²) in [6.07, 6.45) is -0.146. The Morgan fingerprint density at radius 2 is 1.40 bits per heavy atom. The highest BCUT2D eigenvalue weighted by atomic mass is 15.1. The zero-order chi connectivity index (χ0) is 13.0. The molecule has 74 valence electrons. The summed E-state index contributed by atoms with van der Waals surface area (Å²) in [5.41, 5.74) is 1.54. The zero-order valence-electron chi connectivity index (χ0n) is 11.2. The Morgan fingerprint density at radius 1 is 0.933 bits per heavy atom. The topological polar surface area (TPSA) is 3.24 Å². The highest BCUT2D eigenvalue weighted by molar-refractivity contribution is 5.65. The number of nitrogens with zero attached hydrogens (tertiary/aromatic N) is 1. The van der Waals surface area contributed by atoms with Crippen LogP contribution >= 0.6 is 0 Å². The monoisotopic (exact) mass is 198 g/mol. The second-order valence-corrected chi connectivity index (χ2v) is 3.12. The van der Waals surface area contributed by atoms with E-state index in [9.17, 15) is 0 Å². The van der Waals surface area contributed by atoms with E-state index in [1.807, 2.05) is 60.7 Å². The van der Waals surface area contributed by atoms with Gasteiger partial charge in [0, 0.05) is 17.6 Å². The first-order valence-corrected chi connectivity index (χ1v) is 4.74. The molecular formula is C14H13N. The first-order chi connectivity index (χ1) is 8.70. The van der Waals surface area contributed by atoms with Gasteiger partial charge in [-0.15, -0.1) is 0 Å². The standard InChI is InChI=1S/C14H13N/c1-2-15(13-9-5-3-6-10-13)14-11-7-4-8-12-14/h2-12H,1H2/i1D2,2D. The molecule has 0 fully saturated rings. The van der Waals surface area contributed by atoms with Crippen LogP contribution in [-0.4, -0.2) is 0 Å². The van der Waals surface area contributed by atoms with E-state index in [0.29, 0.717) is 0 Å². The number of benzene rings is 2. The van der Waals surface area contributed by atoms with Crippen LogP contribution in [0.25, 0.3) is 0 Å². The molecule has 2 aromatic rings. The smallest absolute Gasteiger partial charge is 0.0816 e. The maximum absolute atomic E-state index is 7.89. The minimum atomic E-state index is -0.511. The molecule has 2 aromatic carbocycles. The van der Waals surface area contributed by atoms with Gasteiger partial charge in [-0.25, -0.2) is 0 Å². The van der Waals surface area contributed by atoms with Crippen LogP contribution in [0, 0.1) is 0 Å². The molecule has 15 heavy (non-hydrogen) atoms. The maximum Gasteiger partial charge on any atom is 0.0816 e. The number of hydrogen-bond donors (Lipinski definition) is 0. The Morgan fingerprint density at radius 3 is 1.80 bits per heavy atom. The van der Waals surface area contributed by atoms with Crippen molar-refractivity contribution in [2.24, 2.45) is 0 Å². The second kappa shape index (κ2) is 4.47. The van der Waals surface area contributed by atoms with E-state index in [4.69, 9.17) is 4.11 Å². The summed E-state index contributed by atoms with van der Waals surface area (Å²) in [7, 11) is 0. The summed E-state index contributed by atoms with van der Waals surface area (Å²) in [4.78, 5) is 1.58. The van der Waals surface area contributed by atoms with Gasteiger partial charge in [0.05, 0.1) is 4.11 Å². The third-order valence-corrected chi connectivity index (χ3v) is 2.14. The SMILES string of the molecule is [2H]C([2H])=C([2H])N(c1ccccc1)c1ccccc1. The van der Waals surface area contributed by atoms with Crippen molar-refractivity contribution in [2.75, 3.05) is 4.90 Å². The lowest BCUT2D eigenvalue weighted by Crippen LogP contribution is -2.06. The minimum Gasteiger partial charge on any atom is -0.318 e. The molecule has 0 unspecified atom stereocenters. The molecule has 1 nitrogen and oxygen atoms in total. The van der Waals surface area contributed by atoms with Gasteiger partial charge in [-0.3, -0.25) is 0 Å². The summed E-state index contributed by atoms with van der Waals surface area (Å²) >= 11 is 0. The predicted molar refractivity (Wildman–Crippen MR) is 65.2 cm³/mol. The number of para-hydroxylation sites is 2. The summed E-state index contributed by atoms with van der Waals surface area (Å²) in [5, 5.41) is 0. The molecule has 0 amide bonds. The lowest BCUT2D eigenvalue weighted by Gasteiger charge is -2.19. The molecule has 0 aliphatic carbocycles. The Hall–Kier alpha value is -2.02. The van der Waals surface area contributed by atoms with Crippen molar-refractivity contribution in [1.82, 2.24) is 0 Å². The molecule has 0 heterocycles. The normalized spacial score (nSPS) is 12.1. The molecule has 0 N–H and O–H groups in total. The van der Waals surface area contributed by atoms with Gasteiger partial charge in [-0.1, -0.05) is 42.9 Å². The van der Waals surface area contributed by atoms with E-state index in [1.165, 1.54) is 0 Å². The van der Waals surface area contributed by atoms with Gasteiger partial charge >= 0.3 is 0 Å². The number of hydrogen-bond acceptors (Lipinski definition) is 1. The molecule has 2 rings (SSSR count). The van der Waals surface area contributed by atoms with E-state index in [2.05, 4.69) is 0 Å². The van der Waals surface area contributed by atoms with Gasteiger partial charge in [0.1, 0.15) is 0 Å². The van der Waals surface area contributed by atoms with Gasteiger partial charge < -0.3 is 4.90 Å². The van der Waals surface area contributed by atoms with Crippen LogP contribution in [0.4, 0.5) is 11.4 Å². The Labute approximate surface area is 94.5 Å². The van der Waals surface area contributed by atoms with E-state index < -0.39 is 6.53 Å². The Bertz CT molecular complexity index is 494. The molecule has 0 atom stereocenters. The average Bonchev–Trinajstić information content (AvgIpc) is 2.41. The first-order valence-electron chi connectivity index (χ1n) is 6.24. The molecule has 0 spiro atoms. The van der Waals surface area contributed by atoms with Crippen LogP contribution in [0.1, 0.15) is 4.11 Å². The minimum absolute atomic E-state index is 0.146. The van der Waals surface area contributed by atoms with E-state index in [0.717, 1.165) is 11.4 Å². The number of anilines is 2. The lowest BCUT2D eigenvalue weighted by atomic mass is 10.2. The highest BCUT2D eigenvalue weighted by Gasteiger charge is 2.02. The Kier molecular flexibility index (Phi) is 1.92. The second-order valence-electron chi connectivity index (χ2n) is 3.12. The van der Waals surface area contributed by atoms with Crippen molar-refractivity contribution >= 4 is 11.4 Å². The molecule has 0 aromatic heterocycles. The summed E-state index contributed by atoms with van der Waals surface area (Å²) in [5.74, 6) is 0. The van der Waals surface area contributed by atoms with Crippen molar-refractivity contribution < 1.29 is 4.11 Å². The molecule has 0 saturated heterocycles. The summed E-state index contributed by atoms with van der Waals surface area (Å²) in [6, 6.07) is 18.7. The zero-order valence-corrected chi connectivity index (χ0v) is 8.22. The number of rotatable bonds is 3. The van der Waals surface area contributed by atoms with Gasteiger partial charge in [0.25, 0.3) is 0 Å². The van der Waals surface area contributed by atoms with Crippen LogP contribution in [0.5, 0.6) is 0 Å². The van der Waals surface area contributed by atoms with Crippen molar-refractivity contribution in [3.05, 3.63) is 73.4 Å². The lowest BCUT2D eigenvalue weighted by molar-refractivity contribution is 1.29. The quantitative estimate of drug-likeness (QED) is 0.721. The first kappa shape index (κ1) is 6.46. The maximum atomic E-state index is 7.89. The van der Waals surface area contributed by atoms with Crippen LogP contribution in [0.15, 0.2) is 73.4 Å². The highest BCUT2D eigenvalue weighted by Crippen LogP contribution is 2.24.